The second-order valence-corrected chi connectivity index (χ2v) is 6.23. The zero-order valence-electron chi connectivity index (χ0n) is 13.7. The van der Waals surface area contributed by atoms with Crippen molar-refractivity contribution in [1.29, 1.82) is 0 Å². The van der Waals surface area contributed by atoms with Crippen molar-refractivity contribution in [3.05, 3.63) is 53.5 Å². The summed E-state index contributed by atoms with van der Waals surface area (Å²) in [5.41, 5.74) is 2.35. The lowest BCUT2D eigenvalue weighted by molar-refractivity contribution is -0.121. The fourth-order valence-electron chi connectivity index (χ4n) is 3.06. The number of benzene rings is 1. The summed E-state index contributed by atoms with van der Waals surface area (Å²) >= 11 is 0. The molecule has 4 nitrogen and oxygen atoms in total. The Balaban J connectivity index is 1.64. The molecule has 1 aromatic carbocycles. The number of hydrogen-bond acceptors (Lipinski definition) is 3. The van der Waals surface area contributed by atoms with E-state index in [1.807, 2.05) is 25.1 Å². The maximum Gasteiger partial charge on any atom is 0.220 e. The van der Waals surface area contributed by atoms with Gasteiger partial charge < -0.3 is 14.5 Å². The Labute approximate surface area is 136 Å². The van der Waals surface area contributed by atoms with Gasteiger partial charge in [-0.2, -0.15) is 0 Å². The number of rotatable bonds is 7. The molecule has 4 heteroatoms. The quantitative estimate of drug-likeness (QED) is 0.846. The van der Waals surface area contributed by atoms with E-state index in [9.17, 15) is 4.79 Å². The Bertz CT molecular complexity index is 659. The molecular formula is C19H23NO3. The van der Waals surface area contributed by atoms with Crippen LogP contribution in [0.15, 0.2) is 41.0 Å². The molecule has 1 heterocycles. The van der Waals surface area contributed by atoms with Crippen LogP contribution in [0.5, 0.6) is 5.75 Å². The summed E-state index contributed by atoms with van der Waals surface area (Å²) in [7, 11) is 1.68. The summed E-state index contributed by atoms with van der Waals surface area (Å²) < 4.78 is 10.6. The molecular weight excluding hydrogens is 290 g/mol. The number of hydrogen-bond donors (Lipinski definition) is 1. The van der Waals surface area contributed by atoms with Gasteiger partial charge >= 0.3 is 0 Å². The molecule has 23 heavy (non-hydrogen) atoms. The largest absolute Gasteiger partial charge is 0.496 e. The molecule has 1 amide bonds. The van der Waals surface area contributed by atoms with Gasteiger partial charge in [-0.25, -0.2) is 0 Å². The first-order valence-electron chi connectivity index (χ1n) is 8.11. The highest BCUT2D eigenvalue weighted by atomic mass is 16.5. The van der Waals surface area contributed by atoms with Crippen LogP contribution in [0.25, 0.3) is 0 Å². The van der Waals surface area contributed by atoms with Crippen LogP contribution in [0.4, 0.5) is 0 Å². The smallest absolute Gasteiger partial charge is 0.220 e. The fourth-order valence-corrected chi connectivity index (χ4v) is 3.06. The molecule has 1 saturated carbocycles. The van der Waals surface area contributed by atoms with Gasteiger partial charge in [0.25, 0.3) is 0 Å². The molecule has 1 unspecified atom stereocenters. The Morgan fingerprint density at radius 3 is 2.83 bits per heavy atom. The van der Waals surface area contributed by atoms with Crippen molar-refractivity contribution in [2.45, 2.75) is 38.6 Å². The minimum absolute atomic E-state index is 0.0757. The van der Waals surface area contributed by atoms with Crippen molar-refractivity contribution in [1.82, 2.24) is 5.32 Å². The topological polar surface area (TPSA) is 51.5 Å². The van der Waals surface area contributed by atoms with Gasteiger partial charge in [0, 0.05) is 6.42 Å². The Morgan fingerprint density at radius 1 is 1.39 bits per heavy atom. The molecule has 0 saturated heterocycles. The molecule has 2 aromatic rings. The molecule has 3 rings (SSSR count). The number of furan rings is 1. The molecule has 0 radical (unpaired) electrons. The highest BCUT2D eigenvalue weighted by Gasteiger charge is 2.33. The highest BCUT2D eigenvalue weighted by Crippen LogP contribution is 2.45. The maximum absolute atomic E-state index is 12.3. The summed E-state index contributed by atoms with van der Waals surface area (Å²) in [5.74, 6) is 2.66. The molecule has 122 valence electrons. The lowest BCUT2D eigenvalue weighted by Crippen LogP contribution is -2.25. The summed E-state index contributed by atoms with van der Waals surface area (Å²) in [5, 5.41) is 2.95. The molecule has 1 aromatic heterocycles. The third kappa shape index (κ3) is 3.95. The summed E-state index contributed by atoms with van der Waals surface area (Å²) in [6, 6.07) is 9.94. The number of amides is 1. The van der Waals surface area contributed by atoms with Gasteiger partial charge in [0.15, 0.2) is 0 Å². The molecule has 0 spiro atoms. The Morgan fingerprint density at radius 2 is 2.22 bits per heavy atom. The van der Waals surface area contributed by atoms with Gasteiger partial charge in [0.05, 0.1) is 19.9 Å². The SMILES string of the molecule is COc1ccc(C(CC(=O)NCc2ccco2)C2CC2)cc1C. The number of aryl methyl sites for hydroxylation is 1. The fraction of sp³-hybridized carbons (Fsp3) is 0.421. The lowest BCUT2D eigenvalue weighted by Gasteiger charge is -2.18. The van der Waals surface area contributed by atoms with Gasteiger partial charge in [0.1, 0.15) is 11.5 Å². The maximum atomic E-state index is 12.3. The van der Waals surface area contributed by atoms with E-state index in [1.165, 1.54) is 18.4 Å². The van der Waals surface area contributed by atoms with Crippen LogP contribution in [0.2, 0.25) is 0 Å². The zero-order chi connectivity index (χ0) is 16.2. The van der Waals surface area contributed by atoms with Gasteiger partial charge in [-0.3, -0.25) is 4.79 Å². The number of nitrogens with one attached hydrogen (secondary N) is 1. The van der Waals surface area contributed by atoms with Gasteiger partial charge in [0.2, 0.25) is 5.91 Å². The lowest BCUT2D eigenvalue weighted by atomic mass is 9.89. The van der Waals surface area contributed by atoms with Crippen molar-refractivity contribution in [3.8, 4) is 5.75 Å². The molecule has 1 aliphatic rings. The molecule has 0 aliphatic heterocycles. The van der Waals surface area contributed by atoms with Crippen LogP contribution in [0, 0.1) is 12.8 Å². The van der Waals surface area contributed by atoms with Crippen molar-refractivity contribution < 1.29 is 13.9 Å². The molecule has 1 fully saturated rings. The summed E-state index contributed by atoms with van der Waals surface area (Å²) in [6.45, 7) is 2.49. The Kier molecular flexibility index (Phi) is 4.70. The van der Waals surface area contributed by atoms with E-state index in [2.05, 4.69) is 17.4 Å². The van der Waals surface area contributed by atoms with Crippen LogP contribution >= 0.6 is 0 Å². The van der Waals surface area contributed by atoms with Crippen LogP contribution in [0.3, 0.4) is 0 Å². The summed E-state index contributed by atoms with van der Waals surface area (Å²) in [6.07, 6.45) is 4.56. The number of ether oxygens (including phenoxy) is 1. The first-order valence-corrected chi connectivity index (χ1v) is 8.11. The minimum Gasteiger partial charge on any atom is -0.496 e. The van der Waals surface area contributed by atoms with E-state index in [0.29, 0.717) is 18.9 Å². The predicted octanol–water partition coefficient (Wildman–Crippen LogP) is 3.80. The van der Waals surface area contributed by atoms with Crippen molar-refractivity contribution in [2.75, 3.05) is 7.11 Å². The second kappa shape index (κ2) is 6.90. The third-order valence-electron chi connectivity index (χ3n) is 4.48. The molecule has 1 N–H and O–H groups in total. The van der Waals surface area contributed by atoms with Crippen molar-refractivity contribution in [2.24, 2.45) is 5.92 Å². The summed E-state index contributed by atoms with van der Waals surface area (Å²) in [4.78, 5) is 12.3. The molecule has 0 bridgehead atoms. The van der Waals surface area contributed by atoms with E-state index in [1.54, 1.807) is 13.4 Å². The average molecular weight is 313 g/mol. The first-order chi connectivity index (χ1) is 11.2. The molecule has 1 aliphatic carbocycles. The molecule has 1 atom stereocenters. The monoisotopic (exact) mass is 313 g/mol. The van der Waals surface area contributed by atoms with Crippen molar-refractivity contribution >= 4 is 5.91 Å². The van der Waals surface area contributed by atoms with E-state index in [-0.39, 0.29) is 11.8 Å². The highest BCUT2D eigenvalue weighted by molar-refractivity contribution is 5.77. The second-order valence-electron chi connectivity index (χ2n) is 6.23. The number of carbonyl (C=O) groups is 1. The van der Waals surface area contributed by atoms with Gasteiger partial charge in [-0.05, 0) is 60.9 Å². The Hall–Kier alpha value is -2.23. The van der Waals surface area contributed by atoms with Gasteiger partial charge in [-0.1, -0.05) is 12.1 Å². The predicted molar refractivity (Wildman–Crippen MR) is 88.4 cm³/mol. The average Bonchev–Trinajstić information content (AvgIpc) is 3.25. The van der Waals surface area contributed by atoms with Crippen molar-refractivity contribution in [3.63, 3.8) is 0 Å². The van der Waals surface area contributed by atoms with Crippen LogP contribution in [-0.4, -0.2) is 13.0 Å². The normalized spacial score (nSPS) is 15.2. The van der Waals surface area contributed by atoms with Crippen LogP contribution in [-0.2, 0) is 11.3 Å². The standard InChI is InChI=1S/C19H23NO3/c1-13-10-15(7-8-18(13)22-2)17(14-5-6-14)11-19(21)20-12-16-4-3-9-23-16/h3-4,7-10,14,17H,5-6,11-12H2,1-2H3,(H,20,21). The third-order valence-corrected chi connectivity index (χ3v) is 4.48. The zero-order valence-corrected chi connectivity index (χ0v) is 13.7. The van der Waals surface area contributed by atoms with Gasteiger partial charge in [-0.15, -0.1) is 0 Å². The van der Waals surface area contributed by atoms with Crippen LogP contribution < -0.4 is 10.1 Å². The van der Waals surface area contributed by atoms with E-state index < -0.39 is 0 Å². The van der Waals surface area contributed by atoms with E-state index >= 15 is 0 Å². The minimum atomic E-state index is 0.0757. The number of methoxy groups -OCH3 is 1. The first kappa shape index (κ1) is 15.7. The van der Waals surface area contributed by atoms with Crippen LogP contribution in [0.1, 0.15) is 42.1 Å². The number of carbonyl (C=O) groups excluding carboxylic acids is 1. The van der Waals surface area contributed by atoms with E-state index in [0.717, 1.165) is 17.1 Å². The van der Waals surface area contributed by atoms with E-state index in [4.69, 9.17) is 9.15 Å².